The average molecular weight is 283 g/mol. The molecule has 0 saturated carbocycles. The Hall–Kier alpha value is -1.64. The summed E-state index contributed by atoms with van der Waals surface area (Å²) in [6, 6.07) is 20.4. The van der Waals surface area contributed by atoms with Gasteiger partial charge >= 0.3 is 0 Å². The molecule has 1 N–H and O–H groups in total. The topological polar surface area (TPSA) is 23.5 Å². The highest BCUT2D eigenvalue weighted by Crippen LogP contribution is 2.32. The van der Waals surface area contributed by atoms with Gasteiger partial charge in [-0.05, 0) is 38.6 Å². The van der Waals surface area contributed by atoms with E-state index in [-0.39, 0.29) is 5.92 Å². The molecule has 2 aromatic carbocycles. The van der Waals surface area contributed by atoms with Gasteiger partial charge in [0.15, 0.2) is 0 Å². The van der Waals surface area contributed by atoms with Crippen LogP contribution in [0.5, 0.6) is 0 Å². The normalized spacial score (nSPS) is 15.7. The number of nitrogens with zero attached hydrogens (tertiary/aromatic N) is 1. The molecule has 0 saturated heterocycles. The van der Waals surface area contributed by atoms with Crippen LogP contribution in [0.15, 0.2) is 60.7 Å². The Bertz CT molecular complexity index is 534. The number of hydrogen-bond donors (Lipinski definition) is 1. The molecule has 21 heavy (non-hydrogen) atoms. The van der Waals surface area contributed by atoms with E-state index in [9.17, 15) is 5.11 Å². The molecule has 0 aliphatic rings. The molecule has 0 aliphatic carbocycles. The lowest BCUT2D eigenvalue weighted by Crippen LogP contribution is -2.39. The van der Waals surface area contributed by atoms with Crippen LogP contribution in [0, 0.1) is 5.92 Å². The van der Waals surface area contributed by atoms with E-state index in [1.165, 1.54) is 5.56 Å². The van der Waals surface area contributed by atoms with Crippen molar-refractivity contribution >= 4 is 0 Å². The first-order valence-corrected chi connectivity index (χ1v) is 7.46. The monoisotopic (exact) mass is 283 g/mol. The lowest BCUT2D eigenvalue weighted by atomic mass is 9.79. The average Bonchev–Trinajstić information content (AvgIpc) is 2.48. The van der Waals surface area contributed by atoms with Crippen LogP contribution in [-0.4, -0.2) is 30.6 Å². The minimum Gasteiger partial charge on any atom is -0.385 e. The zero-order chi connectivity index (χ0) is 15.3. The standard InChI is InChI=1S/C19H25NO/c1-19(21,17-12-8-5-9-13-17)18(15-20(2)3)14-16-10-6-4-7-11-16/h4-13,18,21H,14-15H2,1-3H3/t18-,19+/m0/s1. The van der Waals surface area contributed by atoms with E-state index in [2.05, 4.69) is 43.3 Å². The second kappa shape index (κ2) is 6.88. The minimum atomic E-state index is -0.846. The summed E-state index contributed by atoms with van der Waals surface area (Å²) >= 11 is 0. The van der Waals surface area contributed by atoms with Crippen molar-refractivity contribution in [3.05, 3.63) is 71.8 Å². The fraction of sp³-hybridized carbons (Fsp3) is 0.368. The Kier molecular flexibility index (Phi) is 5.16. The highest BCUT2D eigenvalue weighted by atomic mass is 16.3. The number of rotatable bonds is 6. The van der Waals surface area contributed by atoms with Crippen molar-refractivity contribution in [2.75, 3.05) is 20.6 Å². The molecule has 0 amide bonds. The summed E-state index contributed by atoms with van der Waals surface area (Å²) in [6.07, 6.45) is 0.862. The molecular formula is C19H25NO. The molecule has 2 rings (SSSR count). The number of benzene rings is 2. The molecule has 0 aliphatic heterocycles. The molecule has 0 heterocycles. The second-order valence-corrected chi connectivity index (χ2v) is 6.16. The summed E-state index contributed by atoms with van der Waals surface area (Å²) in [4.78, 5) is 2.14. The maximum Gasteiger partial charge on any atom is 0.0911 e. The fourth-order valence-corrected chi connectivity index (χ4v) is 2.79. The van der Waals surface area contributed by atoms with Crippen molar-refractivity contribution in [3.8, 4) is 0 Å². The molecule has 2 atom stereocenters. The Balaban J connectivity index is 2.26. The van der Waals surface area contributed by atoms with Gasteiger partial charge in [0.1, 0.15) is 0 Å². The quantitative estimate of drug-likeness (QED) is 0.879. The van der Waals surface area contributed by atoms with Crippen molar-refractivity contribution < 1.29 is 5.11 Å². The smallest absolute Gasteiger partial charge is 0.0911 e. The predicted octanol–water partition coefficient (Wildman–Crippen LogP) is 3.31. The first kappa shape index (κ1) is 15.7. The Labute approximate surface area is 128 Å². The Morgan fingerprint density at radius 3 is 2.00 bits per heavy atom. The van der Waals surface area contributed by atoms with Gasteiger partial charge in [0.25, 0.3) is 0 Å². The van der Waals surface area contributed by atoms with Crippen LogP contribution in [-0.2, 0) is 12.0 Å². The van der Waals surface area contributed by atoms with E-state index < -0.39 is 5.60 Å². The van der Waals surface area contributed by atoms with Crippen molar-refractivity contribution in [2.45, 2.75) is 18.9 Å². The van der Waals surface area contributed by atoms with Crippen LogP contribution >= 0.6 is 0 Å². The van der Waals surface area contributed by atoms with Crippen LogP contribution in [0.4, 0.5) is 0 Å². The van der Waals surface area contributed by atoms with E-state index in [4.69, 9.17) is 0 Å². The summed E-state index contributed by atoms with van der Waals surface area (Å²) in [6.45, 7) is 2.77. The summed E-state index contributed by atoms with van der Waals surface area (Å²) in [7, 11) is 4.11. The molecule has 0 spiro atoms. The van der Waals surface area contributed by atoms with Crippen molar-refractivity contribution in [1.82, 2.24) is 4.90 Å². The third-order valence-electron chi connectivity index (χ3n) is 4.06. The van der Waals surface area contributed by atoms with Gasteiger partial charge in [-0.1, -0.05) is 60.7 Å². The van der Waals surface area contributed by atoms with E-state index in [0.29, 0.717) is 0 Å². The predicted molar refractivity (Wildman–Crippen MR) is 88.2 cm³/mol. The molecule has 0 unspecified atom stereocenters. The molecule has 2 heteroatoms. The maximum atomic E-state index is 11.1. The molecular weight excluding hydrogens is 258 g/mol. The molecule has 2 aromatic rings. The Morgan fingerprint density at radius 2 is 1.48 bits per heavy atom. The van der Waals surface area contributed by atoms with Crippen molar-refractivity contribution in [2.24, 2.45) is 5.92 Å². The third kappa shape index (κ3) is 4.16. The zero-order valence-electron chi connectivity index (χ0n) is 13.2. The minimum absolute atomic E-state index is 0.136. The molecule has 2 nitrogen and oxygen atoms in total. The maximum absolute atomic E-state index is 11.1. The lowest BCUT2D eigenvalue weighted by molar-refractivity contribution is -0.0157. The van der Waals surface area contributed by atoms with Crippen LogP contribution in [0.3, 0.4) is 0 Å². The zero-order valence-corrected chi connectivity index (χ0v) is 13.2. The summed E-state index contributed by atoms with van der Waals surface area (Å²) in [5, 5.41) is 11.1. The number of hydrogen-bond acceptors (Lipinski definition) is 2. The van der Waals surface area contributed by atoms with Crippen LogP contribution in [0.25, 0.3) is 0 Å². The van der Waals surface area contributed by atoms with Crippen molar-refractivity contribution in [3.63, 3.8) is 0 Å². The largest absolute Gasteiger partial charge is 0.385 e. The molecule has 0 radical (unpaired) electrons. The molecule has 0 fully saturated rings. The van der Waals surface area contributed by atoms with Gasteiger partial charge in [-0.2, -0.15) is 0 Å². The second-order valence-electron chi connectivity index (χ2n) is 6.16. The summed E-state index contributed by atoms with van der Waals surface area (Å²) in [5.74, 6) is 0.136. The van der Waals surface area contributed by atoms with Gasteiger partial charge in [-0.3, -0.25) is 0 Å². The highest BCUT2D eigenvalue weighted by molar-refractivity contribution is 5.24. The first-order chi connectivity index (χ1) is 10.00. The van der Waals surface area contributed by atoms with Crippen LogP contribution in [0.1, 0.15) is 18.1 Å². The SMILES string of the molecule is CN(C)C[C@H](Cc1ccccc1)[C@](C)(O)c1ccccc1. The fourth-order valence-electron chi connectivity index (χ4n) is 2.79. The van der Waals surface area contributed by atoms with Crippen molar-refractivity contribution in [1.29, 1.82) is 0 Å². The first-order valence-electron chi connectivity index (χ1n) is 7.46. The molecule has 112 valence electrons. The van der Waals surface area contributed by atoms with E-state index in [0.717, 1.165) is 18.5 Å². The van der Waals surface area contributed by atoms with Gasteiger partial charge < -0.3 is 10.0 Å². The highest BCUT2D eigenvalue weighted by Gasteiger charge is 2.33. The Morgan fingerprint density at radius 1 is 0.952 bits per heavy atom. The third-order valence-corrected chi connectivity index (χ3v) is 4.06. The van der Waals surface area contributed by atoms with E-state index in [1.54, 1.807) is 0 Å². The summed E-state index contributed by atoms with van der Waals surface area (Å²) in [5.41, 5.74) is 1.40. The van der Waals surface area contributed by atoms with Gasteiger partial charge in [0.05, 0.1) is 5.60 Å². The molecule has 0 bridgehead atoms. The van der Waals surface area contributed by atoms with Gasteiger partial charge in [0.2, 0.25) is 0 Å². The molecule has 0 aromatic heterocycles. The van der Waals surface area contributed by atoms with E-state index in [1.807, 2.05) is 43.3 Å². The van der Waals surface area contributed by atoms with Gasteiger partial charge in [0, 0.05) is 12.5 Å². The van der Waals surface area contributed by atoms with Crippen LogP contribution < -0.4 is 0 Å². The van der Waals surface area contributed by atoms with E-state index >= 15 is 0 Å². The summed E-state index contributed by atoms with van der Waals surface area (Å²) < 4.78 is 0. The number of aliphatic hydroxyl groups is 1. The van der Waals surface area contributed by atoms with Gasteiger partial charge in [-0.25, -0.2) is 0 Å². The lowest BCUT2D eigenvalue weighted by Gasteiger charge is -2.35. The van der Waals surface area contributed by atoms with Crippen LogP contribution in [0.2, 0.25) is 0 Å². The van der Waals surface area contributed by atoms with Gasteiger partial charge in [-0.15, -0.1) is 0 Å².